The second-order valence-electron chi connectivity index (χ2n) is 8.87. The number of aromatic nitrogens is 1. The van der Waals surface area contributed by atoms with Crippen LogP contribution in [0.4, 0.5) is 5.69 Å². The van der Waals surface area contributed by atoms with Crippen LogP contribution in [0.25, 0.3) is 10.9 Å². The van der Waals surface area contributed by atoms with Crippen molar-refractivity contribution in [2.45, 2.75) is 32.1 Å². The van der Waals surface area contributed by atoms with Gasteiger partial charge in [0.15, 0.2) is 0 Å². The quantitative estimate of drug-likeness (QED) is 0.318. The zero-order valence-corrected chi connectivity index (χ0v) is 20.3. The second-order valence-corrected chi connectivity index (χ2v) is 10.3. The van der Waals surface area contributed by atoms with Gasteiger partial charge in [-0.15, -0.1) is 11.3 Å². The summed E-state index contributed by atoms with van der Waals surface area (Å²) in [5, 5.41) is 7.02. The highest BCUT2D eigenvalue weighted by Gasteiger charge is 2.23. The lowest BCUT2D eigenvalue weighted by molar-refractivity contribution is 0.103. The summed E-state index contributed by atoms with van der Waals surface area (Å²) in [7, 11) is 0. The first-order chi connectivity index (χ1) is 16.1. The number of fused-ring (bicyclic) bond motifs is 1. The first-order valence-electron chi connectivity index (χ1n) is 11.5. The summed E-state index contributed by atoms with van der Waals surface area (Å²) >= 11 is 7.70. The molecule has 0 aliphatic carbocycles. The Morgan fingerprint density at radius 3 is 2.82 bits per heavy atom. The summed E-state index contributed by atoms with van der Waals surface area (Å²) in [4.78, 5) is 19.1. The maximum Gasteiger partial charge on any atom is 0.265 e. The predicted octanol–water partition coefficient (Wildman–Crippen LogP) is 6.87. The fourth-order valence-electron chi connectivity index (χ4n) is 4.82. The van der Waals surface area contributed by atoms with Gasteiger partial charge < -0.3 is 15.2 Å². The number of aromatic amines is 1. The number of amides is 1. The smallest absolute Gasteiger partial charge is 0.265 e. The van der Waals surface area contributed by atoms with Crippen molar-refractivity contribution < 1.29 is 4.79 Å². The second kappa shape index (κ2) is 9.72. The summed E-state index contributed by atoms with van der Waals surface area (Å²) in [5.41, 5.74) is 6.00. The molecule has 0 atom stereocenters. The summed E-state index contributed by atoms with van der Waals surface area (Å²) in [6, 6.07) is 16.1. The van der Waals surface area contributed by atoms with E-state index in [0.29, 0.717) is 5.92 Å². The van der Waals surface area contributed by atoms with E-state index in [-0.39, 0.29) is 5.91 Å². The number of hydrogen-bond donors (Lipinski definition) is 2. The molecule has 170 valence electrons. The average molecular weight is 478 g/mol. The number of piperidine rings is 1. The normalized spacial score (nSPS) is 15.2. The Labute approximate surface area is 203 Å². The van der Waals surface area contributed by atoms with Gasteiger partial charge in [0.1, 0.15) is 0 Å². The van der Waals surface area contributed by atoms with Crippen molar-refractivity contribution >= 4 is 45.4 Å². The molecule has 3 heterocycles. The van der Waals surface area contributed by atoms with Gasteiger partial charge in [-0.25, -0.2) is 0 Å². The van der Waals surface area contributed by atoms with Crippen LogP contribution in [0.5, 0.6) is 0 Å². The average Bonchev–Trinajstić information content (AvgIpc) is 3.50. The highest BCUT2D eigenvalue weighted by molar-refractivity contribution is 7.12. The van der Waals surface area contributed by atoms with Crippen LogP contribution in [0.3, 0.4) is 0 Å². The Balaban J connectivity index is 1.18. The number of nitrogens with zero attached hydrogens (tertiary/aromatic N) is 1. The highest BCUT2D eigenvalue weighted by Crippen LogP contribution is 2.34. The van der Waals surface area contributed by atoms with Gasteiger partial charge >= 0.3 is 0 Å². The molecule has 1 aliphatic heterocycles. The van der Waals surface area contributed by atoms with Crippen molar-refractivity contribution in [2.75, 3.05) is 25.0 Å². The Hall–Kier alpha value is -2.60. The molecule has 1 aliphatic rings. The molecule has 2 aromatic carbocycles. The molecule has 0 radical (unpaired) electrons. The number of nitrogens with one attached hydrogen (secondary N) is 2. The van der Waals surface area contributed by atoms with Gasteiger partial charge in [-0.3, -0.25) is 4.79 Å². The van der Waals surface area contributed by atoms with Gasteiger partial charge in [0.2, 0.25) is 0 Å². The Morgan fingerprint density at radius 1 is 1.18 bits per heavy atom. The third kappa shape index (κ3) is 5.01. The van der Waals surface area contributed by atoms with E-state index in [1.165, 1.54) is 38.9 Å². The molecule has 0 saturated carbocycles. The standard InChI is InChI=1S/C27H28ClN3OS/c1-18-4-6-22(30-27(32)26-3-2-14-33-26)15-20(18)10-13-31-11-8-19(9-12-31)24-17-29-25-7-5-21(28)16-23(24)25/h2-7,14-17,19,29H,8-13H2,1H3,(H,30,32). The van der Waals surface area contributed by atoms with Crippen LogP contribution < -0.4 is 5.32 Å². The number of thiophene rings is 1. The highest BCUT2D eigenvalue weighted by atomic mass is 35.5. The minimum Gasteiger partial charge on any atom is -0.361 e. The van der Waals surface area contributed by atoms with Crippen LogP contribution in [0.1, 0.15) is 45.1 Å². The molecular weight excluding hydrogens is 450 g/mol. The molecule has 0 bridgehead atoms. The summed E-state index contributed by atoms with van der Waals surface area (Å²) in [5.74, 6) is 0.534. The monoisotopic (exact) mass is 477 g/mol. The molecule has 0 unspecified atom stereocenters. The minimum absolute atomic E-state index is 0.0413. The molecule has 5 rings (SSSR count). The van der Waals surface area contributed by atoms with E-state index in [1.54, 1.807) is 0 Å². The SMILES string of the molecule is Cc1ccc(NC(=O)c2cccs2)cc1CCN1CCC(c2c[nH]c3ccc(Cl)cc23)CC1. The molecule has 1 fully saturated rings. The topological polar surface area (TPSA) is 48.1 Å². The number of aryl methyl sites for hydroxylation is 1. The number of rotatable bonds is 6. The van der Waals surface area contributed by atoms with Gasteiger partial charge in [0.05, 0.1) is 4.88 Å². The van der Waals surface area contributed by atoms with Crippen LogP contribution in [-0.4, -0.2) is 35.4 Å². The van der Waals surface area contributed by atoms with Crippen LogP contribution in [-0.2, 0) is 6.42 Å². The molecule has 4 aromatic rings. The van der Waals surface area contributed by atoms with E-state index in [0.717, 1.165) is 54.5 Å². The van der Waals surface area contributed by atoms with Crippen LogP contribution in [0.15, 0.2) is 60.1 Å². The Morgan fingerprint density at radius 2 is 2.03 bits per heavy atom. The molecule has 6 heteroatoms. The molecule has 33 heavy (non-hydrogen) atoms. The van der Waals surface area contributed by atoms with Crippen molar-refractivity contribution in [3.8, 4) is 0 Å². The van der Waals surface area contributed by atoms with Gasteiger partial charge in [-0.1, -0.05) is 23.7 Å². The number of anilines is 1. The number of H-pyrrole nitrogens is 1. The number of carbonyl (C=O) groups is 1. The van der Waals surface area contributed by atoms with E-state index in [2.05, 4.69) is 52.6 Å². The molecule has 1 saturated heterocycles. The Kier molecular flexibility index (Phi) is 6.54. The molecule has 2 N–H and O–H groups in total. The number of carbonyl (C=O) groups excluding carboxylic acids is 1. The number of halogens is 1. The van der Waals surface area contributed by atoms with E-state index in [4.69, 9.17) is 11.6 Å². The van der Waals surface area contributed by atoms with Gasteiger partial charge in [0, 0.05) is 34.4 Å². The maximum absolute atomic E-state index is 12.4. The molecule has 2 aromatic heterocycles. The van der Waals surface area contributed by atoms with Gasteiger partial charge in [-0.05, 0) is 104 Å². The van der Waals surface area contributed by atoms with Crippen LogP contribution in [0, 0.1) is 6.92 Å². The largest absolute Gasteiger partial charge is 0.361 e. The fraction of sp³-hybridized carbons (Fsp3) is 0.296. The van der Waals surface area contributed by atoms with Gasteiger partial charge in [0.25, 0.3) is 5.91 Å². The molecular formula is C27H28ClN3OS. The zero-order valence-electron chi connectivity index (χ0n) is 18.7. The molecule has 1 amide bonds. The van der Waals surface area contributed by atoms with E-state index in [9.17, 15) is 4.79 Å². The third-order valence-electron chi connectivity index (χ3n) is 6.75. The fourth-order valence-corrected chi connectivity index (χ4v) is 5.61. The van der Waals surface area contributed by atoms with Crippen LogP contribution in [0.2, 0.25) is 5.02 Å². The lowest BCUT2D eigenvalue weighted by Crippen LogP contribution is -2.34. The maximum atomic E-state index is 12.4. The lowest BCUT2D eigenvalue weighted by Gasteiger charge is -2.32. The van der Waals surface area contributed by atoms with Crippen molar-refractivity contribution in [3.63, 3.8) is 0 Å². The van der Waals surface area contributed by atoms with Crippen molar-refractivity contribution in [3.05, 3.63) is 86.7 Å². The zero-order chi connectivity index (χ0) is 22.8. The van der Waals surface area contributed by atoms with Crippen molar-refractivity contribution in [2.24, 2.45) is 0 Å². The first kappa shape index (κ1) is 22.2. The van der Waals surface area contributed by atoms with E-state index < -0.39 is 0 Å². The molecule has 4 nitrogen and oxygen atoms in total. The summed E-state index contributed by atoms with van der Waals surface area (Å²) in [6.07, 6.45) is 5.48. The summed E-state index contributed by atoms with van der Waals surface area (Å²) in [6.45, 7) is 5.39. The lowest BCUT2D eigenvalue weighted by atomic mass is 9.89. The predicted molar refractivity (Wildman–Crippen MR) is 139 cm³/mol. The van der Waals surface area contributed by atoms with E-state index in [1.807, 2.05) is 29.6 Å². The minimum atomic E-state index is -0.0413. The number of likely N-dealkylation sites (tertiary alicyclic amines) is 1. The van der Waals surface area contributed by atoms with E-state index >= 15 is 0 Å². The first-order valence-corrected chi connectivity index (χ1v) is 12.8. The Bertz CT molecular complexity index is 1260. The number of benzene rings is 2. The number of hydrogen-bond acceptors (Lipinski definition) is 3. The summed E-state index contributed by atoms with van der Waals surface area (Å²) < 4.78 is 0. The molecule has 0 spiro atoms. The van der Waals surface area contributed by atoms with Gasteiger partial charge in [-0.2, -0.15) is 0 Å². The van der Waals surface area contributed by atoms with Crippen molar-refractivity contribution in [1.29, 1.82) is 0 Å². The van der Waals surface area contributed by atoms with Crippen LogP contribution >= 0.6 is 22.9 Å². The van der Waals surface area contributed by atoms with Crippen molar-refractivity contribution in [1.82, 2.24) is 9.88 Å². The third-order valence-corrected chi connectivity index (χ3v) is 7.86.